The number of hydrogen-bond acceptors (Lipinski definition) is 2. The average molecular weight is 130 g/mol. The van der Waals surface area contributed by atoms with Crippen LogP contribution < -0.4 is 103 Å². The summed E-state index contributed by atoms with van der Waals surface area (Å²) in [6.45, 7) is 0. The van der Waals surface area contributed by atoms with Gasteiger partial charge in [-0.2, -0.15) is 0 Å². The van der Waals surface area contributed by atoms with Crippen LogP contribution in [0.3, 0.4) is 0 Å². The summed E-state index contributed by atoms with van der Waals surface area (Å²) in [7, 11) is 0. The first-order valence-corrected chi connectivity index (χ1v) is 0. The molecule has 0 heterocycles. The van der Waals surface area contributed by atoms with E-state index in [2.05, 4.69) is 0 Å². The maximum atomic E-state index is 0. The molecule has 0 atom stereocenters. The minimum Gasteiger partial charge on any atom is -0.870 e. The van der Waals surface area contributed by atoms with Crippen molar-refractivity contribution >= 4 is 0 Å². The van der Waals surface area contributed by atoms with Crippen LogP contribution in [0.25, 0.3) is 0 Å². The smallest absolute Gasteiger partial charge is 0.870 e. The molecule has 5 heavy (non-hydrogen) atoms. The van der Waals surface area contributed by atoms with Gasteiger partial charge in [0.15, 0.2) is 0 Å². The van der Waals surface area contributed by atoms with Gasteiger partial charge in [-0.25, -0.2) is 0 Å². The molecule has 24 valence electrons. The molecule has 0 saturated heterocycles. The van der Waals surface area contributed by atoms with Gasteiger partial charge >= 0.3 is 103 Å². The van der Waals surface area contributed by atoms with Crippen molar-refractivity contribution in [3.05, 3.63) is 0 Å². The molecule has 0 aromatic heterocycles. The molecule has 0 aliphatic rings. The van der Waals surface area contributed by atoms with Crippen molar-refractivity contribution in [3.8, 4) is 0 Å². The Labute approximate surface area is 116 Å². The Morgan fingerprint density at radius 1 is 0.600 bits per heavy atom. The van der Waals surface area contributed by atoms with E-state index in [1.165, 1.54) is 0 Å². The second-order valence-corrected chi connectivity index (χ2v) is 0. The van der Waals surface area contributed by atoms with Gasteiger partial charge in [-0.1, -0.05) is 0 Å². The molecule has 0 rings (SSSR count). The Bertz CT molecular complexity index is 4.85. The van der Waals surface area contributed by atoms with Crippen LogP contribution >= 0.6 is 0 Å². The molecule has 0 aliphatic carbocycles. The molecule has 0 amide bonds. The van der Waals surface area contributed by atoms with Crippen molar-refractivity contribution in [2.75, 3.05) is 0 Å². The molecular formula is H4K2O3. The Morgan fingerprint density at radius 2 is 0.600 bits per heavy atom. The van der Waals surface area contributed by atoms with E-state index >= 15 is 0 Å². The molecule has 0 bridgehead atoms. The van der Waals surface area contributed by atoms with Crippen molar-refractivity contribution in [3.63, 3.8) is 0 Å². The fourth-order valence-electron chi connectivity index (χ4n) is 0. The van der Waals surface area contributed by atoms with E-state index in [0.717, 1.165) is 0 Å². The summed E-state index contributed by atoms with van der Waals surface area (Å²) in [6.07, 6.45) is 0. The minimum absolute atomic E-state index is 0. The Balaban J connectivity index is 0. The zero-order valence-corrected chi connectivity index (χ0v) is 9.64. The first kappa shape index (κ1) is 42.0. The van der Waals surface area contributed by atoms with Gasteiger partial charge in [0.25, 0.3) is 0 Å². The van der Waals surface area contributed by atoms with Crippen molar-refractivity contribution in [1.29, 1.82) is 0 Å². The monoisotopic (exact) mass is 130 g/mol. The van der Waals surface area contributed by atoms with Crippen LogP contribution in [0.5, 0.6) is 0 Å². The average Bonchev–Trinajstić information content (AvgIpc) is 0. The molecule has 0 radical (unpaired) electrons. The molecule has 0 saturated carbocycles. The fourth-order valence-corrected chi connectivity index (χ4v) is 0. The number of hydrogen-bond donors (Lipinski definition) is 0. The summed E-state index contributed by atoms with van der Waals surface area (Å²) in [4.78, 5) is 0. The van der Waals surface area contributed by atoms with Crippen molar-refractivity contribution < 1.29 is 119 Å². The van der Waals surface area contributed by atoms with Gasteiger partial charge in [0.05, 0.1) is 0 Å². The van der Waals surface area contributed by atoms with Crippen LogP contribution in [-0.2, 0) is 0 Å². The summed E-state index contributed by atoms with van der Waals surface area (Å²) in [5.74, 6) is 0. The standard InChI is InChI=1S/2K.3H2O/h;;3*1H2/q2*+1;;;/p-2. The van der Waals surface area contributed by atoms with E-state index in [9.17, 15) is 0 Å². The minimum atomic E-state index is 0. The quantitative estimate of drug-likeness (QED) is 0.305. The van der Waals surface area contributed by atoms with Crippen LogP contribution in [0.4, 0.5) is 0 Å². The van der Waals surface area contributed by atoms with Crippen LogP contribution in [0.1, 0.15) is 0 Å². The summed E-state index contributed by atoms with van der Waals surface area (Å²) >= 11 is 0. The molecule has 4 N–H and O–H groups in total. The molecule has 3 nitrogen and oxygen atoms in total. The summed E-state index contributed by atoms with van der Waals surface area (Å²) in [5.41, 5.74) is 0. The van der Waals surface area contributed by atoms with Gasteiger partial charge in [-0.05, 0) is 0 Å². The van der Waals surface area contributed by atoms with Gasteiger partial charge in [0.2, 0.25) is 0 Å². The molecule has 0 aliphatic heterocycles. The summed E-state index contributed by atoms with van der Waals surface area (Å²) in [5, 5.41) is 0. The third-order valence-corrected chi connectivity index (χ3v) is 0. The third kappa shape index (κ3) is 19.1. The molecule has 0 fully saturated rings. The van der Waals surface area contributed by atoms with Crippen molar-refractivity contribution in [1.82, 2.24) is 0 Å². The second kappa shape index (κ2) is 27.2. The maximum Gasteiger partial charge on any atom is 1.00 e. The van der Waals surface area contributed by atoms with Crippen molar-refractivity contribution in [2.24, 2.45) is 0 Å². The zero-order valence-electron chi connectivity index (χ0n) is 3.39. The van der Waals surface area contributed by atoms with Crippen LogP contribution in [0, 0.1) is 0 Å². The SMILES string of the molecule is O.[K+].[K+].[OH-].[OH-]. The first-order valence-electron chi connectivity index (χ1n) is 0. The topological polar surface area (TPSA) is 91.5 Å². The third-order valence-electron chi connectivity index (χ3n) is 0. The van der Waals surface area contributed by atoms with Crippen LogP contribution in [0.15, 0.2) is 0 Å². The van der Waals surface area contributed by atoms with E-state index in [1.807, 2.05) is 0 Å². The molecule has 0 spiro atoms. The van der Waals surface area contributed by atoms with Gasteiger partial charge in [0, 0.05) is 0 Å². The van der Waals surface area contributed by atoms with Gasteiger partial charge in [-0.3, -0.25) is 0 Å². The largest absolute Gasteiger partial charge is 1.00 e. The molecular weight excluding hydrogens is 126 g/mol. The van der Waals surface area contributed by atoms with Gasteiger partial charge in [-0.15, -0.1) is 0 Å². The van der Waals surface area contributed by atoms with E-state index in [1.54, 1.807) is 0 Å². The van der Waals surface area contributed by atoms with Gasteiger partial charge < -0.3 is 16.4 Å². The predicted molar refractivity (Wildman–Crippen MR) is 7.49 cm³/mol. The number of rotatable bonds is 0. The Hall–Kier alpha value is 3.15. The van der Waals surface area contributed by atoms with E-state index in [-0.39, 0.29) is 119 Å². The zero-order chi connectivity index (χ0) is 0. The summed E-state index contributed by atoms with van der Waals surface area (Å²) < 4.78 is 0. The van der Waals surface area contributed by atoms with Crippen LogP contribution in [-0.4, -0.2) is 16.4 Å². The van der Waals surface area contributed by atoms with E-state index in [0.29, 0.717) is 0 Å². The molecule has 5 heteroatoms. The predicted octanol–water partition coefficient (Wildman–Crippen LogP) is -7.17. The normalized spacial score (nSPS) is 0. The molecule has 0 unspecified atom stereocenters. The Morgan fingerprint density at radius 3 is 0.600 bits per heavy atom. The maximum absolute atomic E-state index is 0. The van der Waals surface area contributed by atoms with Crippen LogP contribution in [0.2, 0.25) is 0 Å². The summed E-state index contributed by atoms with van der Waals surface area (Å²) in [6, 6.07) is 0. The van der Waals surface area contributed by atoms with E-state index in [4.69, 9.17) is 0 Å². The van der Waals surface area contributed by atoms with E-state index < -0.39 is 0 Å². The second-order valence-electron chi connectivity index (χ2n) is 0. The van der Waals surface area contributed by atoms with Gasteiger partial charge in [0.1, 0.15) is 0 Å². The fraction of sp³-hybridized carbons (Fsp3) is 0. The first-order chi connectivity index (χ1) is 0. The Kier molecular flexibility index (Phi) is 229. The molecule has 0 aromatic rings. The molecule has 0 aromatic carbocycles. The van der Waals surface area contributed by atoms with Crippen molar-refractivity contribution in [2.45, 2.75) is 0 Å².